The fourth-order valence-electron chi connectivity index (χ4n) is 2.32. The Kier molecular flexibility index (Phi) is 3.87. The summed E-state index contributed by atoms with van der Waals surface area (Å²) in [5.74, 6) is 0.807. The van der Waals surface area contributed by atoms with Crippen LogP contribution in [0.3, 0.4) is 0 Å². The van der Waals surface area contributed by atoms with Gasteiger partial charge >= 0.3 is 0 Å². The van der Waals surface area contributed by atoms with Gasteiger partial charge in [0.1, 0.15) is 0 Å². The second kappa shape index (κ2) is 5.19. The zero-order valence-electron chi connectivity index (χ0n) is 9.75. The molecule has 1 atom stereocenters. The second-order valence-electron chi connectivity index (χ2n) is 4.67. The zero-order chi connectivity index (χ0) is 11.5. The lowest BCUT2D eigenvalue weighted by Crippen LogP contribution is -2.34. The van der Waals surface area contributed by atoms with Gasteiger partial charge < -0.3 is 10.6 Å². The Bertz CT molecular complexity index is 365. The Hall–Kier alpha value is -0.540. The number of piperidine rings is 1. The van der Waals surface area contributed by atoms with Gasteiger partial charge in [-0.3, -0.25) is 0 Å². The minimum atomic E-state index is 0.595. The van der Waals surface area contributed by atoms with Crippen molar-refractivity contribution in [3.8, 4) is 0 Å². The average Bonchev–Trinajstić information content (AvgIpc) is 2.29. The summed E-state index contributed by atoms with van der Waals surface area (Å²) in [6.07, 6.45) is 2.66. The predicted octanol–water partition coefficient (Wildman–Crippen LogP) is 3.14. The van der Waals surface area contributed by atoms with E-state index in [4.69, 9.17) is 5.73 Å². The average molecular weight is 283 g/mol. The molecule has 2 N–H and O–H groups in total. The molecule has 1 fully saturated rings. The fourth-order valence-corrected chi connectivity index (χ4v) is 2.85. The Balaban J connectivity index is 2.17. The molecular weight excluding hydrogens is 264 g/mol. The molecule has 0 radical (unpaired) electrons. The van der Waals surface area contributed by atoms with E-state index in [1.54, 1.807) is 0 Å². The third-order valence-electron chi connectivity index (χ3n) is 3.28. The molecule has 1 aromatic rings. The molecule has 0 bridgehead atoms. The summed E-state index contributed by atoms with van der Waals surface area (Å²) >= 11 is 3.58. The highest BCUT2D eigenvalue weighted by molar-refractivity contribution is 9.10. The van der Waals surface area contributed by atoms with Crippen molar-refractivity contribution in [2.24, 2.45) is 11.7 Å². The first-order chi connectivity index (χ1) is 7.70. The normalized spacial score (nSPS) is 21.2. The van der Waals surface area contributed by atoms with Crippen LogP contribution >= 0.6 is 15.9 Å². The van der Waals surface area contributed by atoms with E-state index in [-0.39, 0.29) is 0 Å². The van der Waals surface area contributed by atoms with Crippen LogP contribution in [0.15, 0.2) is 22.7 Å². The van der Waals surface area contributed by atoms with E-state index in [9.17, 15) is 0 Å². The third-order valence-corrected chi connectivity index (χ3v) is 4.02. The Labute approximate surface area is 106 Å². The molecule has 1 aliphatic rings. The number of hydrogen-bond acceptors (Lipinski definition) is 2. The number of benzene rings is 1. The Morgan fingerprint density at radius 2 is 2.31 bits per heavy atom. The summed E-state index contributed by atoms with van der Waals surface area (Å²) in [5.41, 5.74) is 8.15. The lowest BCUT2D eigenvalue weighted by Gasteiger charge is -2.33. The van der Waals surface area contributed by atoms with Crippen LogP contribution in [0.4, 0.5) is 5.69 Å². The van der Waals surface area contributed by atoms with Gasteiger partial charge in [-0.05, 0) is 36.5 Å². The Morgan fingerprint density at radius 1 is 1.50 bits per heavy atom. The molecule has 1 aliphatic heterocycles. The maximum absolute atomic E-state index is 5.66. The third kappa shape index (κ3) is 2.58. The molecule has 0 spiro atoms. The highest BCUT2D eigenvalue weighted by Crippen LogP contribution is 2.27. The molecular formula is C13H19BrN2. The molecule has 1 heterocycles. The fraction of sp³-hybridized carbons (Fsp3) is 0.538. The first-order valence-electron chi connectivity index (χ1n) is 5.94. The van der Waals surface area contributed by atoms with Crippen molar-refractivity contribution < 1.29 is 0 Å². The van der Waals surface area contributed by atoms with Crippen molar-refractivity contribution in [3.63, 3.8) is 0 Å². The van der Waals surface area contributed by atoms with Crippen LogP contribution < -0.4 is 10.6 Å². The molecule has 0 aliphatic carbocycles. The highest BCUT2D eigenvalue weighted by Gasteiger charge is 2.16. The van der Waals surface area contributed by atoms with Crippen LogP contribution in [0.5, 0.6) is 0 Å². The van der Waals surface area contributed by atoms with Crippen molar-refractivity contribution >= 4 is 21.6 Å². The summed E-state index contributed by atoms with van der Waals surface area (Å²) < 4.78 is 1.13. The molecule has 2 rings (SSSR count). The largest absolute Gasteiger partial charge is 0.371 e. The maximum atomic E-state index is 5.66. The molecule has 88 valence electrons. The molecule has 3 heteroatoms. The molecule has 16 heavy (non-hydrogen) atoms. The maximum Gasteiger partial charge on any atom is 0.0377 e. The number of halogens is 1. The minimum absolute atomic E-state index is 0.595. The van der Waals surface area contributed by atoms with Crippen LogP contribution in [-0.2, 0) is 6.54 Å². The summed E-state index contributed by atoms with van der Waals surface area (Å²) in [5, 5.41) is 0. The number of nitrogens with two attached hydrogens (primary N) is 1. The van der Waals surface area contributed by atoms with Gasteiger partial charge in [0.05, 0.1) is 0 Å². The topological polar surface area (TPSA) is 29.3 Å². The van der Waals surface area contributed by atoms with Crippen molar-refractivity contribution in [1.82, 2.24) is 0 Å². The SMILES string of the molecule is CC1CCCN(c2ccc(CN)c(Br)c2)C1. The molecule has 2 nitrogen and oxygen atoms in total. The number of nitrogens with zero attached hydrogens (tertiary/aromatic N) is 1. The van der Waals surface area contributed by atoms with Crippen molar-refractivity contribution in [2.75, 3.05) is 18.0 Å². The van der Waals surface area contributed by atoms with Crippen LogP contribution in [0.1, 0.15) is 25.3 Å². The summed E-state index contributed by atoms with van der Waals surface area (Å²) in [7, 11) is 0. The van der Waals surface area contributed by atoms with Gasteiger partial charge in [0.25, 0.3) is 0 Å². The summed E-state index contributed by atoms with van der Waals surface area (Å²) in [6.45, 7) is 5.28. The molecule has 0 saturated carbocycles. The van der Waals surface area contributed by atoms with Crippen molar-refractivity contribution in [3.05, 3.63) is 28.2 Å². The van der Waals surface area contributed by atoms with Gasteiger partial charge in [-0.2, -0.15) is 0 Å². The van der Waals surface area contributed by atoms with E-state index >= 15 is 0 Å². The van der Waals surface area contributed by atoms with E-state index in [1.807, 2.05) is 0 Å². The van der Waals surface area contributed by atoms with E-state index in [0.717, 1.165) is 10.4 Å². The van der Waals surface area contributed by atoms with Gasteiger partial charge in [0.15, 0.2) is 0 Å². The molecule has 1 saturated heterocycles. The highest BCUT2D eigenvalue weighted by atomic mass is 79.9. The van der Waals surface area contributed by atoms with Gasteiger partial charge in [0.2, 0.25) is 0 Å². The summed E-state index contributed by atoms with van der Waals surface area (Å²) in [6, 6.07) is 6.50. The minimum Gasteiger partial charge on any atom is -0.371 e. The van der Waals surface area contributed by atoms with Gasteiger partial charge in [-0.25, -0.2) is 0 Å². The van der Waals surface area contributed by atoms with Crippen LogP contribution in [0.25, 0.3) is 0 Å². The number of rotatable bonds is 2. The van der Waals surface area contributed by atoms with Crippen LogP contribution in [0.2, 0.25) is 0 Å². The van der Waals surface area contributed by atoms with E-state index < -0.39 is 0 Å². The first kappa shape index (κ1) is 11.9. The zero-order valence-corrected chi connectivity index (χ0v) is 11.3. The number of anilines is 1. The summed E-state index contributed by atoms with van der Waals surface area (Å²) in [4.78, 5) is 2.47. The molecule has 0 amide bonds. The molecule has 1 aromatic carbocycles. The lowest BCUT2D eigenvalue weighted by atomic mass is 9.99. The van der Waals surface area contributed by atoms with Crippen molar-refractivity contribution in [2.45, 2.75) is 26.3 Å². The lowest BCUT2D eigenvalue weighted by molar-refractivity contribution is 0.447. The van der Waals surface area contributed by atoms with Crippen LogP contribution in [0, 0.1) is 5.92 Å². The van der Waals surface area contributed by atoms with Gasteiger partial charge in [-0.1, -0.05) is 28.9 Å². The molecule has 0 aromatic heterocycles. The smallest absolute Gasteiger partial charge is 0.0377 e. The second-order valence-corrected chi connectivity index (χ2v) is 5.53. The standard InChI is InChI=1S/C13H19BrN2/c1-10-3-2-6-16(9-10)12-5-4-11(8-15)13(14)7-12/h4-5,7,10H,2-3,6,8-9,15H2,1H3. The van der Waals surface area contributed by atoms with Gasteiger partial charge in [0, 0.05) is 29.8 Å². The van der Waals surface area contributed by atoms with Crippen molar-refractivity contribution in [1.29, 1.82) is 0 Å². The van der Waals surface area contributed by atoms with E-state index in [0.29, 0.717) is 6.54 Å². The first-order valence-corrected chi connectivity index (χ1v) is 6.73. The number of hydrogen-bond donors (Lipinski definition) is 1. The Morgan fingerprint density at radius 3 is 2.94 bits per heavy atom. The monoisotopic (exact) mass is 282 g/mol. The van der Waals surface area contributed by atoms with Crippen LogP contribution in [-0.4, -0.2) is 13.1 Å². The quantitative estimate of drug-likeness (QED) is 0.903. The molecule has 1 unspecified atom stereocenters. The van der Waals surface area contributed by atoms with E-state index in [1.165, 1.54) is 37.2 Å². The van der Waals surface area contributed by atoms with E-state index in [2.05, 4.69) is 46.0 Å². The van der Waals surface area contributed by atoms with Gasteiger partial charge in [-0.15, -0.1) is 0 Å². The predicted molar refractivity (Wildman–Crippen MR) is 72.6 cm³/mol.